The van der Waals surface area contributed by atoms with E-state index in [1.165, 1.54) is 11.9 Å². The van der Waals surface area contributed by atoms with Gasteiger partial charge >= 0.3 is 6.09 Å². The highest BCUT2D eigenvalue weighted by Crippen LogP contribution is 2.46. The van der Waals surface area contributed by atoms with Crippen LogP contribution in [-0.2, 0) is 16.0 Å². The number of halogens is 1. The van der Waals surface area contributed by atoms with Gasteiger partial charge < -0.3 is 23.7 Å². The van der Waals surface area contributed by atoms with E-state index in [4.69, 9.17) is 30.5 Å². The lowest BCUT2D eigenvalue weighted by Gasteiger charge is -2.28. The molecule has 1 aromatic carbocycles. The van der Waals surface area contributed by atoms with Crippen LogP contribution in [0.15, 0.2) is 35.4 Å². The van der Waals surface area contributed by atoms with Gasteiger partial charge in [-0.05, 0) is 49.1 Å². The summed E-state index contributed by atoms with van der Waals surface area (Å²) in [5.74, 6) is 1.25. The molecule has 166 valence electrons. The fourth-order valence-electron chi connectivity index (χ4n) is 3.37. The first-order valence-corrected chi connectivity index (χ1v) is 11.1. The molecule has 1 aromatic heterocycles. The number of nitrogens with zero attached hydrogens (tertiary/aromatic N) is 2. The minimum atomic E-state index is -0.359. The molecule has 2 heterocycles. The molecular formula is C21H24ClN3O5S. The van der Waals surface area contributed by atoms with E-state index in [0.717, 1.165) is 29.0 Å². The van der Waals surface area contributed by atoms with Crippen LogP contribution in [0.4, 0.5) is 10.5 Å². The van der Waals surface area contributed by atoms with Crippen molar-refractivity contribution in [3.63, 3.8) is 0 Å². The molecule has 1 aliphatic carbocycles. The topological polar surface area (TPSA) is 82.2 Å². The van der Waals surface area contributed by atoms with Crippen LogP contribution in [0.25, 0.3) is 0 Å². The number of benzene rings is 1. The van der Waals surface area contributed by atoms with Gasteiger partial charge in [-0.1, -0.05) is 11.6 Å². The van der Waals surface area contributed by atoms with E-state index < -0.39 is 0 Å². The second kappa shape index (κ2) is 9.42. The molecule has 0 bridgehead atoms. The van der Waals surface area contributed by atoms with Gasteiger partial charge in [0.1, 0.15) is 19.0 Å². The summed E-state index contributed by atoms with van der Waals surface area (Å²) in [6.45, 7) is 1.36. The number of anilines is 1. The lowest BCUT2D eigenvalue weighted by molar-refractivity contribution is 0.0484. The van der Waals surface area contributed by atoms with Crippen molar-refractivity contribution in [2.45, 2.75) is 29.8 Å². The van der Waals surface area contributed by atoms with Crippen LogP contribution in [-0.4, -0.2) is 55.6 Å². The quantitative estimate of drug-likeness (QED) is 0.476. The average Bonchev–Trinajstić information content (AvgIpc) is 3.58. The molecule has 8 nitrogen and oxygen atoms in total. The Kier molecular flexibility index (Phi) is 6.64. The Morgan fingerprint density at radius 3 is 2.90 bits per heavy atom. The van der Waals surface area contributed by atoms with Crippen LogP contribution in [0.1, 0.15) is 18.4 Å². The van der Waals surface area contributed by atoms with Crippen LogP contribution >= 0.6 is 23.5 Å². The standard InChI is InChI=1S/C21H24ClN3O5S/c1-27-7-8-29-20(26)25-12-14-9-16(11-23-19(14)30-13-21(25)5-6-21)24-31-18-10-15(22)3-4-17(18)28-2/h3-4,9-11,24H,5-8,12-13H2,1-2H3. The van der Waals surface area contributed by atoms with Gasteiger partial charge in [-0.15, -0.1) is 0 Å². The van der Waals surface area contributed by atoms with Crippen molar-refractivity contribution in [1.82, 2.24) is 9.88 Å². The van der Waals surface area contributed by atoms with Gasteiger partial charge in [-0.25, -0.2) is 9.78 Å². The molecule has 1 N–H and O–H groups in total. The Morgan fingerprint density at radius 2 is 2.16 bits per heavy atom. The number of ether oxygens (including phenoxy) is 4. The molecule has 1 saturated carbocycles. The van der Waals surface area contributed by atoms with Gasteiger partial charge in [0.25, 0.3) is 0 Å². The zero-order chi connectivity index (χ0) is 21.8. The van der Waals surface area contributed by atoms with Crippen LogP contribution in [0, 0.1) is 0 Å². The van der Waals surface area contributed by atoms with Crippen molar-refractivity contribution >= 4 is 35.3 Å². The third kappa shape index (κ3) is 4.94. The smallest absolute Gasteiger partial charge is 0.410 e. The Morgan fingerprint density at radius 1 is 1.32 bits per heavy atom. The van der Waals surface area contributed by atoms with E-state index in [1.54, 1.807) is 31.4 Å². The molecule has 0 saturated heterocycles. The second-order valence-corrected chi connectivity index (χ2v) is 8.68. The molecule has 1 amide bonds. The van der Waals surface area contributed by atoms with Gasteiger partial charge in [0, 0.05) is 17.7 Å². The summed E-state index contributed by atoms with van der Waals surface area (Å²) in [6.07, 6.45) is 3.11. The molecule has 0 unspecified atom stereocenters. The summed E-state index contributed by atoms with van der Waals surface area (Å²) >= 11 is 7.48. The van der Waals surface area contributed by atoms with Crippen LogP contribution in [0.2, 0.25) is 5.02 Å². The number of rotatable bonds is 7. The van der Waals surface area contributed by atoms with Crippen molar-refractivity contribution in [1.29, 1.82) is 0 Å². The number of carbonyl (C=O) groups is 1. The van der Waals surface area contributed by atoms with Crippen molar-refractivity contribution in [3.8, 4) is 11.6 Å². The summed E-state index contributed by atoms with van der Waals surface area (Å²) in [5, 5.41) is 0.621. The maximum absolute atomic E-state index is 12.7. The Bertz CT molecular complexity index is 957. The number of hydrogen-bond donors (Lipinski definition) is 1. The van der Waals surface area contributed by atoms with Crippen LogP contribution in [0.5, 0.6) is 11.6 Å². The average molecular weight is 466 g/mol. The number of pyridine rings is 1. The highest BCUT2D eigenvalue weighted by Gasteiger charge is 2.53. The molecule has 1 aliphatic heterocycles. The Balaban J connectivity index is 1.49. The fraction of sp³-hybridized carbons (Fsp3) is 0.429. The lowest BCUT2D eigenvalue weighted by Crippen LogP contribution is -2.44. The van der Waals surface area contributed by atoms with E-state index in [9.17, 15) is 4.79 Å². The molecule has 10 heteroatoms. The van der Waals surface area contributed by atoms with E-state index in [1.807, 2.05) is 18.2 Å². The normalized spacial score (nSPS) is 16.2. The predicted octanol–water partition coefficient (Wildman–Crippen LogP) is 4.37. The minimum absolute atomic E-state index is 0.216. The summed E-state index contributed by atoms with van der Waals surface area (Å²) < 4.78 is 24.9. The molecule has 2 aliphatic rings. The van der Waals surface area contributed by atoms with Gasteiger partial charge in [0.05, 0.1) is 42.6 Å². The molecule has 1 fully saturated rings. The minimum Gasteiger partial charge on any atom is -0.496 e. The van der Waals surface area contributed by atoms with Crippen LogP contribution < -0.4 is 14.2 Å². The number of amides is 1. The van der Waals surface area contributed by atoms with Gasteiger partial charge in [-0.2, -0.15) is 0 Å². The number of hydrogen-bond acceptors (Lipinski definition) is 8. The summed E-state index contributed by atoms with van der Waals surface area (Å²) in [6, 6.07) is 7.35. The van der Waals surface area contributed by atoms with Crippen LogP contribution in [0.3, 0.4) is 0 Å². The van der Waals surface area contributed by atoms with Crippen molar-refractivity contribution in [2.75, 3.05) is 38.8 Å². The van der Waals surface area contributed by atoms with E-state index in [2.05, 4.69) is 9.71 Å². The lowest BCUT2D eigenvalue weighted by atomic mass is 10.2. The van der Waals surface area contributed by atoms with E-state index >= 15 is 0 Å². The molecular weight excluding hydrogens is 442 g/mol. The number of fused-ring (bicyclic) bond motifs is 1. The predicted molar refractivity (Wildman–Crippen MR) is 118 cm³/mol. The summed E-state index contributed by atoms with van der Waals surface area (Å²) in [5.41, 5.74) is 1.27. The number of carbonyl (C=O) groups excluding carboxylic acids is 1. The molecule has 0 atom stereocenters. The van der Waals surface area contributed by atoms with Gasteiger partial charge in [-0.3, -0.25) is 4.90 Å². The summed E-state index contributed by atoms with van der Waals surface area (Å²) in [7, 11) is 3.19. The molecule has 2 aromatic rings. The number of nitrogens with one attached hydrogen (secondary N) is 1. The number of aromatic nitrogens is 1. The SMILES string of the molecule is COCCOC(=O)N1Cc2cc(NSc3cc(Cl)ccc3OC)cnc2OCC12CC2. The second-order valence-electron chi connectivity index (χ2n) is 7.39. The monoisotopic (exact) mass is 465 g/mol. The fourth-order valence-corrected chi connectivity index (χ4v) is 4.38. The summed E-state index contributed by atoms with van der Waals surface area (Å²) in [4.78, 5) is 19.8. The molecule has 0 radical (unpaired) electrons. The third-order valence-corrected chi connectivity index (χ3v) is 6.38. The Hall–Kier alpha value is -2.36. The van der Waals surface area contributed by atoms with Gasteiger partial charge in [0.15, 0.2) is 0 Å². The van der Waals surface area contributed by atoms with E-state index in [-0.39, 0.29) is 18.2 Å². The first-order chi connectivity index (χ1) is 15.0. The maximum atomic E-state index is 12.7. The maximum Gasteiger partial charge on any atom is 0.410 e. The molecule has 4 rings (SSSR count). The first-order valence-electron chi connectivity index (χ1n) is 9.86. The molecule has 1 spiro atoms. The van der Waals surface area contributed by atoms with Gasteiger partial charge in [0.2, 0.25) is 5.88 Å². The largest absolute Gasteiger partial charge is 0.496 e. The Labute approximate surface area is 190 Å². The zero-order valence-corrected chi connectivity index (χ0v) is 18.9. The third-order valence-electron chi connectivity index (χ3n) is 5.27. The van der Waals surface area contributed by atoms with Crippen molar-refractivity contribution in [3.05, 3.63) is 41.0 Å². The van der Waals surface area contributed by atoms with E-state index in [0.29, 0.717) is 36.4 Å². The number of methoxy groups -OCH3 is 2. The highest BCUT2D eigenvalue weighted by atomic mass is 35.5. The van der Waals surface area contributed by atoms with Crippen molar-refractivity contribution in [2.24, 2.45) is 0 Å². The zero-order valence-electron chi connectivity index (χ0n) is 17.4. The molecule has 31 heavy (non-hydrogen) atoms. The van der Waals surface area contributed by atoms with Crippen molar-refractivity contribution < 1.29 is 23.7 Å². The first kappa shape index (κ1) is 21.9. The highest BCUT2D eigenvalue weighted by molar-refractivity contribution is 8.00.